The number of aryl methyl sites for hydroxylation is 1. The van der Waals surface area contributed by atoms with Crippen molar-refractivity contribution in [2.75, 3.05) is 0 Å². The zero-order valence-electron chi connectivity index (χ0n) is 11.4. The van der Waals surface area contributed by atoms with Gasteiger partial charge in [-0.1, -0.05) is 30.7 Å². The SMILES string of the molecule is CCc1c(-c2cc(Cl)cn(C)c2=O)cccc1S(=O)(=O)Cl. The van der Waals surface area contributed by atoms with E-state index in [0.29, 0.717) is 28.1 Å². The van der Waals surface area contributed by atoms with Crippen LogP contribution in [0, 0.1) is 0 Å². The highest BCUT2D eigenvalue weighted by Gasteiger charge is 2.19. The highest BCUT2D eigenvalue weighted by atomic mass is 35.7. The van der Waals surface area contributed by atoms with Crippen LogP contribution in [0.25, 0.3) is 11.1 Å². The highest BCUT2D eigenvalue weighted by Crippen LogP contribution is 2.30. The minimum atomic E-state index is -3.88. The molecule has 2 aromatic rings. The Bertz CT molecular complexity index is 857. The third-order valence-electron chi connectivity index (χ3n) is 3.19. The van der Waals surface area contributed by atoms with Crippen LogP contribution in [0.1, 0.15) is 12.5 Å². The van der Waals surface area contributed by atoms with Gasteiger partial charge in [-0.25, -0.2) is 8.42 Å². The third-order valence-corrected chi connectivity index (χ3v) is 4.80. The number of pyridine rings is 1. The standard InChI is InChI=1S/C14H13Cl2NO3S/c1-3-10-11(5-4-6-13(10)21(16,19)20)12-7-9(15)8-17(2)14(12)18/h4-8H,3H2,1-2H3. The second kappa shape index (κ2) is 5.83. The predicted octanol–water partition coefficient (Wildman–Crippen LogP) is 3.20. The average Bonchev–Trinajstić information content (AvgIpc) is 2.41. The Kier molecular flexibility index (Phi) is 4.46. The van der Waals surface area contributed by atoms with E-state index in [9.17, 15) is 13.2 Å². The van der Waals surface area contributed by atoms with Gasteiger partial charge in [0.15, 0.2) is 0 Å². The summed E-state index contributed by atoms with van der Waals surface area (Å²) in [6.45, 7) is 1.80. The lowest BCUT2D eigenvalue weighted by Gasteiger charge is -2.12. The summed E-state index contributed by atoms with van der Waals surface area (Å²) in [5.41, 5.74) is 1.14. The number of rotatable bonds is 3. The fourth-order valence-corrected chi connectivity index (χ4v) is 3.75. The monoisotopic (exact) mass is 345 g/mol. The van der Waals surface area contributed by atoms with E-state index in [1.807, 2.05) is 0 Å². The van der Waals surface area contributed by atoms with Crippen molar-refractivity contribution >= 4 is 31.3 Å². The van der Waals surface area contributed by atoms with Crippen LogP contribution >= 0.6 is 22.3 Å². The molecule has 1 aromatic heterocycles. The molecule has 0 aliphatic heterocycles. The molecule has 0 aliphatic carbocycles. The van der Waals surface area contributed by atoms with Crippen LogP contribution in [-0.4, -0.2) is 13.0 Å². The normalized spacial score (nSPS) is 11.6. The molecule has 2 rings (SSSR count). The Labute approximate surface area is 132 Å². The van der Waals surface area contributed by atoms with E-state index in [0.717, 1.165) is 0 Å². The van der Waals surface area contributed by atoms with Crippen LogP contribution in [0.3, 0.4) is 0 Å². The molecule has 1 aromatic carbocycles. The second-order valence-electron chi connectivity index (χ2n) is 4.56. The summed E-state index contributed by atoms with van der Waals surface area (Å²) in [7, 11) is 3.18. The topological polar surface area (TPSA) is 56.1 Å². The van der Waals surface area contributed by atoms with Gasteiger partial charge in [-0.05, 0) is 29.7 Å². The molecule has 0 aliphatic rings. The molecule has 0 fully saturated rings. The number of aromatic nitrogens is 1. The maximum absolute atomic E-state index is 12.3. The number of nitrogens with zero attached hydrogens (tertiary/aromatic N) is 1. The molecular formula is C14H13Cl2NO3S. The van der Waals surface area contributed by atoms with Crippen LogP contribution in [0.4, 0.5) is 0 Å². The molecule has 1 heterocycles. The van der Waals surface area contributed by atoms with Crippen molar-refractivity contribution in [3.8, 4) is 11.1 Å². The van der Waals surface area contributed by atoms with Gasteiger partial charge in [-0.15, -0.1) is 0 Å². The Morgan fingerprint density at radius 3 is 2.48 bits per heavy atom. The smallest absolute Gasteiger partial charge is 0.261 e. The van der Waals surface area contributed by atoms with Crippen LogP contribution in [0.2, 0.25) is 5.02 Å². The van der Waals surface area contributed by atoms with E-state index < -0.39 is 9.05 Å². The molecule has 4 nitrogen and oxygen atoms in total. The Balaban J connectivity index is 2.86. The minimum absolute atomic E-state index is 0.0196. The van der Waals surface area contributed by atoms with E-state index >= 15 is 0 Å². The van der Waals surface area contributed by atoms with Gasteiger partial charge in [0, 0.05) is 29.5 Å². The Hall–Kier alpha value is -1.30. The quantitative estimate of drug-likeness (QED) is 0.802. The van der Waals surface area contributed by atoms with Crippen molar-refractivity contribution in [1.82, 2.24) is 4.57 Å². The van der Waals surface area contributed by atoms with Crippen LogP contribution in [-0.2, 0) is 22.5 Å². The summed E-state index contributed by atoms with van der Waals surface area (Å²) in [5, 5.41) is 0.397. The fourth-order valence-electron chi connectivity index (χ4n) is 2.27. The van der Waals surface area contributed by atoms with Crippen molar-refractivity contribution < 1.29 is 8.42 Å². The maximum Gasteiger partial charge on any atom is 0.261 e. The number of hydrogen-bond donors (Lipinski definition) is 0. The molecule has 0 radical (unpaired) electrons. The summed E-state index contributed by atoms with van der Waals surface area (Å²) in [4.78, 5) is 12.3. The van der Waals surface area contributed by atoms with Crippen molar-refractivity contribution in [1.29, 1.82) is 0 Å². The summed E-state index contributed by atoms with van der Waals surface area (Å²) < 4.78 is 24.7. The van der Waals surface area contributed by atoms with Crippen molar-refractivity contribution in [3.63, 3.8) is 0 Å². The third kappa shape index (κ3) is 3.15. The first-order chi connectivity index (χ1) is 9.75. The van der Waals surface area contributed by atoms with Gasteiger partial charge < -0.3 is 4.57 Å². The summed E-state index contributed by atoms with van der Waals surface area (Å²) in [6.07, 6.45) is 1.92. The van der Waals surface area contributed by atoms with Crippen molar-refractivity contribution in [2.45, 2.75) is 18.2 Å². The Morgan fingerprint density at radius 2 is 1.90 bits per heavy atom. The summed E-state index contributed by atoms with van der Waals surface area (Å²) >= 11 is 5.99. The van der Waals surface area contributed by atoms with Crippen LogP contribution < -0.4 is 5.56 Å². The van der Waals surface area contributed by atoms with Gasteiger partial charge in [0.05, 0.1) is 9.92 Å². The number of benzene rings is 1. The zero-order chi connectivity index (χ0) is 15.8. The first kappa shape index (κ1) is 16.1. The molecule has 0 bridgehead atoms. The molecule has 0 amide bonds. The number of hydrogen-bond acceptors (Lipinski definition) is 3. The van der Waals surface area contributed by atoms with Gasteiger partial charge in [0.2, 0.25) is 0 Å². The molecule has 112 valence electrons. The fraction of sp³-hybridized carbons (Fsp3) is 0.214. The maximum atomic E-state index is 12.3. The predicted molar refractivity (Wildman–Crippen MR) is 84.5 cm³/mol. The van der Waals surface area contributed by atoms with Gasteiger partial charge in [0.1, 0.15) is 0 Å². The van der Waals surface area contributed by atoms with E-state index in [-0.39, 0.29) is 10.5 Å². The van der Waals surface area contributed by atoms with Gasteiger partial charge in [0.25, 0.3) is 14.6 Å². The largest absolute Gasteiger partial charge is 0.317 e. The molecule has 21 heavy (non-hydrogen) atoms. The number of halogens is 2. The first-order valence-corrected chi connectivity index (χ1v) is 8.87. The van der Waals surface area contributed by atoms with Crippen LogP contribution in [0.15, 0.2) is 40.2 Å². The first-order valence-electron chi connectivity index (χ1n) is 6.18. The van der Waals surface area contributed by atoms with E-state index in [4.69, 9.17) is 22.3 Å². The minimum Gasteiger partial charge on any atom is -0.317 e. The lowest BCUT2D eigenvalue weighted by molar-refractivity contribution is 0.608. The lowest BCUT2D eigenvalue weighted by Crippen LogP contribution is -2.18. The highest BCUT2D eigenvalue weighted by molar-refractivity contribution is 8.13. The molecule has 0 saturated heterocycles. The zero-order valence-corrected chi connectivity index (χ0v) is 13.8. The van der Waals surface area contributed by atoms with Gasteiger partial charge in [-0.2, -0.15) is 0 Å². The summed E-state index contributed by atoms with van der Waals surface area (Å²) in [5.74, 6) is 0. The van der Waals surface area contributed by atoms with Crippen molar-refractivity contribution in [3.05, 3.63) is 51.4 Å². The molecule has 0 unspecified atom stereocenters. The lowest BCUT2D eigenvalue weighted by atomic mass is 9.99. The summed E-state index contributed by atoms with van der Waals surface area (Å²) in [6, 6.07) is 6.21. The second-order valence-corrected chi connectivity index (χ2v) is 7.53. The molecule has 0 saturated carbocycles. The molecule has 0 spiro atoms. The van der Waals surface area contributed by atoms with Crippen LogP contribution in [0.5, 0.6) is 0 Å². The van der Waals surface area contributed by atoms with Gasteiger partial charge >= 0.3 is 0 Å². The van der Waals surface area contributed by atoms with Gasteiger partial charge in [-0.3, -0.25) is 4.79 Å². The van der Waals surface area contributed by atoms with Crippen molar-refractivity contribution in [2.24, 2.45) is 7.05 Å². The molecular weight excluding hydrogens is 333 g/mol. The van der Waals surface area contributed by atoms with E-state index in [2.05, 4.69) is 0 Å². The molecule has 0 N–H and O–H groups in total. The molecule has 0 atom stereocenters. The average molecular weight is 346 g/mol. The molecule has 7 heteroatoms. The Morgan fingerprint density at radius 1 is 1.24 bits per heavy atom. The van der Waals surface area contributed by atoms with E-state index in [1.54, 1.807) is 26.1 Å². The van der Waals surface area contributed by atoms with E-state index in [1.165, 1.54) is 22.9 Å².